The summed E-state index contributed by atoms with van der Waals surface area (Å²) in [5.74, 6) is 0.226. The van der Waals surface area contributed by atoms with Crippen LogP contribution in [0.3, 0.4) is 0 Å². The predicted molar refractivity (Wildman–Crippen MR) is 141 cm³/mol. The van der Waals surface area contributed by atoms with Gasteiger partial charge >= 0.3 is 0 Å². The molecule has 0 spiro atoms. The average Bonchev–Trinajstić information content (AvgIpc) is 2.84. The van der Waals surface area contributed by atoms with Gasteiger partial charge in [-0.25, -0.2) is 18.6 Å². The summed E-state index contributed by atoms with van der Waals surface area (Å²) in [6, 6.07) is 20.1. The number of sulfonamides is 1. The number of rotatable bonds is 11. The second-order valence-corrected chi connectivity index (χ2v) is 10.3. The first-order chi connectivity index (χ1) is 16.8. The molecule has 3 aromatic carbocycles. The summed E-state index contributed by atoms with van der Waals surface area (Å²) in [7, 11) is -3.84. The third kappa shape index (κ3) is 7.88. The second kappa shape index (κ2) is 12.4. The maximum atomic E-state index is 12.9. The van der Waals surface area contributed by atoms with Crippen LogP contribution in [0.25, 0.3) is 0 Å². The van der Waals surface area contributed by atoms with Gasteiger partial charge in [-0.15, -0.1) is 0 Å². The molecule has 0 aliphatic heterocycles. The van der Waals surface area contributed by atoms with Gasteiger partial charge in [0.05, 0.1) is 21.6 Å². The van der Waals surface area contributed by atoms with Crippen molar-refractivity contribution in [3.05, 3.63) is 107 Å². The average molecular weight is 556 g/mol. The Bertz CT molecular complexity index is 1290. The third-order valence-electron chi connectivity index (χ3n) is 4.94. The van der Waals surface area contributed by atoms with E-state index in [1.54, 1.807) is 60.7 Å². The zero-order chi connectivity index (χ0) is 25.3. The Labute approximate surface area is 214 Å². The van der Waals surface area contributed by atoms with Crippen molar-refractivity contribution in [1.82, 2.24) is 10.1 Å². The predicted octanol–water partition coefficient (Wildman–Crippen LogP) is 4.88. The van der Waals surface area contributed by atoms with Gasteiger partial charge in [-0.2, -0.15) is 5.10 Å². The van der Waals surface area contributed by atoms with Gasteiger partial charge < -0.3 is 4.74 Å². The number of amides is 1. The molecule has 0 aliphatic carbocycles. The molecule has 1 atom stereocenters. The quantitative estimate of drug-likeness (QED) is 0.200. The Morgan fingerprint density at radius 3 is 2.49 bits per heavy atom. The summed E-state index contributed by atoms with van der Waals surface area (Å²) in [6.45, 7) is 5.89. The molecule has 7 nitrogen and oxygen atoms in total. The molecular weight excluding hydrogens is 530 g/mol. The van der Waals surface area contributed by atoms with Crippen molar-refractivity contribution >= 4 is 38.1 Å². The standard InChI is InChI=1S/C26H26BrN3O4S/c1-3-15-34-25-14-11-20(16-23(25)27)18-28-29-26(31)17-24(21-7-5-4-6-8-21)30-35(32,33)22-12-9-19(2)10-13-22/h3-14,16,18,24,30H,1,15,17H2,2H3,(H,29,31)/b28-18-/t24-/m0/s1. The Balaban J connectivity index is 1.69. The zero-order valence-corrected chi connectivity index (χ0v) is 21.6. The van der Waals surface area contributed by atoms with Gasteiger partial charge in [0.1, 0.15) is 12.4 Å². The number of hydrogen-bond acceptors (Lipinski definition) is 5. The summed E-state index contributed by atoms with van der Waals surface area (Å²) in [5, 5.41) is 4.01. The monoisotopic (exact) mass is 555 g/mol. The van der Waals surface area contributed by atoms with Crippen molar-refractivity contribution < 1.29 is 17.9 Å². The Kier molecular flexibility index (Phi) is 9.36. The van der Waals surface area contributed by atoms with E-state index in [1.807, 2.05) is 13.0 Å². The van der Waals surface area contributed by atoms with Gasteiger partial charge in [-0.3, -0.25) is 4.79 Å². The number of hydrazone groups is 1. The van der Waals surface area contributed by atoms with Crippen molar-refractivity contribution in [3.63, 3.8) is 0 Å². The molecule has 0 saturated carbocycles. The van der Waals surface area contributed by atoms with Gasteiger partial charge in [-0.1, -0.05) is 60.7 Å². The third-order valence-corrected chi connectivity index (χ3v) is 7.04. The largest absolute Gasteiger partial charge is 0.488 e. The Morgan fingerprint density at radius 1 is 1.11 bits per heavy atom. The molecule has 0 radical (unpaired) electrons. The molecule has 35 heavy (non-hydrogen) atoms. The second-order valence-electron chi connectivity index (χ2n) is 7.68. The van der Waals surface area contributed by atoms with Crippen molar-refractivity contribution in [1.29, 1.82) is 0 Å². The topological polar surface area (TPSA) is 96.9 Å². The van der Waals surface area contributed by atoms with Crippen LogP contribution in [-0.4, -0.2) is 27.1 Å². The lowest BCUT2D eigenvalue weighted by atomic mass is 10.0. The van der Waals surface area contributed by atoms with Gasteiger partial charge in [0.2, 0.25) is 15.9 Å². The highest BCUT2D eigenvalue weighted by molar-refractivity contribution is 9.10. The highest BCUT2D eigenvalue weighted by Crippen LogP contribution is 2.25. The summed E-state index contributed by atoms with van der Waals surface area (Å²) in [6.07, 6.45) is 3.01. The smallest absolute Gasteiger partial charge is 0.242 e. The fourth-order valence-electron chi connectivity index (χ4n) is 3.16. The molecule has 9 heteroatoms. The molecule has 0 fully saturated rings. The number of nitrogens with zero attached hydrogens (tertiary/aromatic N) is 1. The van der Waals surface area contributed by atoms with Crippen LogP contribution in [0, 0.1) is 6.92 Å². The number of carbonyl (C=O) groups excluding carboxylic acids is 1. The van der Waals surface area contributed by atoms with Crippen molar-refractivity contribution in [3.8, 4) is 5.75 Å². The van der Waals surface area contributed by atoms with E-state index in [2.05, 4.69) is 37.8 Å². The van der Waals surface area contributed by atoms with Crippen LogP contribution in [0.2, 0.25) is 0 Å². The van der Waals surface area contributed by atoms with Crippen molar-refractivity contribution in [2.24, 2.45) is 5.10 Å². The van der Waals surface area contributed by atoms with Gasteiger partial charge in [0.15, 0.2) is 0 Å². The number of nitrogens with one attached hydrogen (secondary N) is 2. The number of hydrogen-bond donors (Lipinski definition) is 2. The molecule has 3 aromatic rings. The minimum Gasteiger partial charge on any atom is -0.488 e. The van der Waals surface area contributed by atoms with Gasteiger partial charge in [0.25, 0.3) is 0 Å². The highest BCUT2D eigenvalue weighted by Gasteiger charge is 2.23. The van der Waals surface area contributed by atoms with Crippen LogP contribution in [0.5, 0.6) is 5.75 Å². The number of ether oxygens (including phenoxy) is 1. The molecule has 0 unspecified atom stereocenters. The fourth-order valence-corrected chi connectivity index (χ4v) is 4.89. The molecule has 0 aromatic heterocycles. The fraction of sp³-hybridized carbons (Fsp3) is 0.154. The summed E-state index contributed by atoms with van der Waals surface area (Å²) in [4.78, 5) is 12.8. The molecule has 0 bridgehead atoms. The minimum absolute atomic E-state index is 0.133. The van der Waals surface area contributed by atoms with Crippen LogP contribution < -0.4 is 14.9 Å². The molecule has 182 valence electrons. The van der Waals surface area contributed by atoms with E-state index in [0.717, 1.165) is 15.6 Å². The van der Waals surface area contributed by atoms with Crippen LogP contribution >= 0.6 is 15.9 Å². The van der Waals surface area contributed by atoms with Gasteiger partial charge in [-0.05, 0) is 64.3 Å². The molecule has 0 heterocycles. The lowest BCUT2D eigenvalue weighted by Gasteiger charge is -2.18. The van der Waals surface area contributed by atoms with Crippen molar-refractivity contribution in [2.45, 2.75) is 24.3 Å². The molecule has 1 amide bonds. The number of halogens is 1. The van der Waals surface area contributed by atoms with Crippen LogP contribution in [0.15, 0.2) is 99.9 Å². The van der Waals surface area contributed by atoms with Crippen LogP contribution in [-0.2, 0) is 14.8 Å². The maximum Gasteiger partial charge on any atom is 0.242 e. The highest BCUT2D eigenvalue weighted by atomic mass is 79.9. The molecular formula is C26H26BrN3O4S. The number of carbonyl (C=O) groups is 1. The van der Waals surface area contributed by atoms with E-state index < -0.39 is 22.0 Å². The molecule has 0 saturated heterocycles. The molecule has 2 N–H and O–H groups in total. The van der Waals surface area contributed by atoms with Crippen molar-refractivity contribution in [2.75, 3.05) is 6.61 Å². The zero-order valence-electron chi connectivity index (χ0n) is 19.1. The van der Waals surface area contributed by atoms with Crippen LogP contribution in [0.4, 0.5) is 0 Å². The first-order valence-corrected chi connectivity index (χ1v) is 13.0. The van der Waals surface area contributed by atoms with E-state index in [0.29, 0.717) is 17.9 Å². The SMILES string of the molecule is C=CCOc1ccc(/C=N\NC(=O)C[C@H](NS(=O)(=O)c2ccc(C)cc2)c2ccccc2)cc1Br. The first-order valence-electron chi connectivity index (χ1n) is 10.8. The van der Waals surface area contributed by atoms with E-state index in [1.165, 1.54) is 18.3 Å². The normalized spacial score (nSPS) is 12.3. The Morgan fingerprint density at radius 2 is 1.83 bits per heavy atom. The lowest BCUT2D eigenvalue weighted by Crippen LogP contribution is -2.32. The summed E-state index contributed by atoms with van der Waals surface area (Å²) >= 11 is 3.43. The van der Waals surface area contributed by atoms with Gasteiger partial charge in [0, 0.05) is 6.42 Å². The van der Waals surface area contributed by atoms with E-state index >= 15 is 0 Å². The van der Waals surface area contributed by atoms with E-state index in [-0.39, 0.29) is 11.3 Å². The van der Waals surface area contributed by atoms with E-state index in [9.17, 15) is 13.2 Å². The molecule has 0 aliphatic rings. The lowest BCUT2D eigenvalue weighted by molar-refractivity contribution is -0.121. The number of aryl methyl sites for hydroxylation is 1. The molecule has 3 rings (SSSR count). The maximum absolute atomic E-state index is 12.9. The summed E-state index contributed by atoms with van der Waals surface area (Å²) < 4.78 is 34.8. The summed E-state index contributed by atoms with van der Waals surface area (Å²) in [5.41, 5.74) is 4.83. The first kappa shape index (κ1) is 26.3. The number of benzene rings is 3. The van der Waals surface area contributed by atoms with E-state index in [4.69, 9.17) is 4.74 Å². The van der Waals surface area contributed by atoms with Crippen LogP contribution in [0.1, 0.15) is 29.2 Å². The Hall–Kier alpha value is -3.27. The minimum atomic E-state index is -3.84.